The van der Waals surface area contributed by atoms with Crippen molar-refractivity contribution in [2.24, 2.45) is 0 Å². The van der Waals surface area contributed by atoms with Gasteiger partial charge in [-0.15, -0.1) is 11.3 Å². The maximum absolute atomic E-state index is 8.30. The molecule has 0 spiro atoms. The fourth-order valence-corrected chi connectivity index (χ4v) is 1.60. The summed E-state index contributed by atoms with van der Waals surface area (Å²) >= 11 is 1.71. The lowest BCUT2D eigenvalue weighted by Crippen LogP contribution is -2.17. The summed E-state index contributed by atoms with van der Waals surface area (Å²) in [6.07, 6.45) is 0. The molecular weight excluding hydrogens is 156 g/mol. The average Bonchev–Trinajstić information content (AvgIpc) is 2.52. The number of nitrogens with zero attached hydrogens (tertiary/aromatic N) is 1. The van der Waals surface area contributed by atoms with E-state index in [1.165, 1.54) is 4.88 Å². The Morgan fingerprint density at radius 3 is 3.18 bits per heavy atom. The van der Waals surface area contributed by atoms with Crippen LogP contribution in [0.2, 0.25) is 0 Å². The third-order valence-electron chi connectivity index (χ3n) is 1.46. The van der Waals surface area contributed by atoms with E-state index in [9.17, 15) is 0 Å². The van der Waals surface area contributed by atoms with E-state index < -0.39 is 0 Å². The van der Waals surface area contributed by atoms with E-state index in [0.717, 1.165) is 0 Å². The third kappa shape index (κ3) is 2.34. The Morgan fingerprint density at radius 1 is 1.82 bits per heavy atom. The Labute approximate surface area is 70.5 Å². The smallest absolute Gasteiger partial charge is 0.0845 e. The number of thiophene rings is 1. The highest BCUT2D eigenvalue weighted by Crippen LogP contribution is 2.17. The SMILES string of the molecule is C[C@H](NCC#N)c1cccs1. The van der Waals surface area contributed by atoms with Crippen LogP contribution in [0.5, 0.6) is 0 Å². The van der Waals surface area contributed by atoms with Gasteiger partial charge < -0.3 is 0 Å². The van der Waals surface area contributed by atoms with Crippen molar-refractivity contribution < 1.29 is 0 Å². The van der Waals surface area contributed by atoms with Crippen molar-refractivity contribution in [1.29, 1.82) is 5.26 Å². The number of hydrogen-bond donors (Lipinski definition) is 1. The van der Waals surface area contributed by atoms with Crippen LogP contribution in [-0.4, -0.2) is 6.54 Å². The molecule has 3 heteroatoms. The summed E-state index contributed by atoms with van der Waals surface area (Å²) in [6, 6.07) is 6.44. The second-order valence-electron chi connectivity index (χ2n) is 2.28. The van der Waals surface area contributed by atoms with E-state index in [1.807, 2.05) is 11.4 Å². The molecule has 1 N–H and O–H groups in total. The maximum atomic E-state index is 8.30. The van der Waals surface area contributed by atoms with Gasteiger partial charge in [0.05, 0.1) is 12.6 Å². The standard InChI is InChI=1S/C8H10N2S/c1-7(10-5-4-9)8-3-2-6-11-8/h2-3,6-7,10H,5H2,1H3/t7-/m0/s1. The lowest BCUT2D eigenvalue weighted by atomic mass is 10.3. The van der Waals surface area contributed by atoms with Crippen LogP contribution >= 0.6 is 11.3 Å². The van der Waals surface area contributed by atoms with Crippen LogP contribution in [-0.2, 0) is 0 Å². The number of hydrogen-bond acceptors (Lipinski definition) is 3. The first kappa shape index (κ1) is 8.25. The van der Waals surface area contributed by atoms with Gasteiger partial charge in [-0.25, -0.2) is 0 Å². The topological polar surface area (TPSA) is 35.8 Å². The first-order valence-corrected chi connectivity index (χ1v) is 4.36. The van der Waals surface area contributed by atoms with Gasteiger partial charge in [-0.05, 0) is 18.4 Å². The van der Waals surface area contributed by atoms with Gasteiger partial charge >= 0.3 is 0 Å². The van der Waals surface area contributed by atoms with Crippen LogP contribution < -0.4 is 5.32 Å². The number of rotatable bonds is 3. The van der Waals surface area contributed by atoms with Crippen LogP contribution in [0, 0.1) is 11.3 Å². The summed E-state index contributed by atoms with van der Waals surface area (Å²) in [7, 11) is 0. The molecule has 1 atom stereocenters. The second-order valence-corrected chi connectivity index (χ2v) is 3.26. The van der Waals surface area contributed by atoms with Gasteiger partial charge in [0.15, 0.2) is 0 Å². The molecule has 1 aromatic heterocycles. The quantitative estimate of drug-likeness (QED) is 0.696. The molecule has 58 valence electrons. The van der Waals surface area contributed by atoms with E-state index in [-0.39, 0.29) is 0 Å². The van der Waals surface area contributed by atoms with Crippen molar-refractivity contribution in [3.8, 4) is 6.07 Å². The molecule has 0 saturated heterocycles. The van der Waals surface area contributed by atoms with Crippen LogP contribution in [0.25, 0.3) is 0 Å². The molecule has 2 nitrogen and oxygen atoms in total. The number of nitriles is 1. The summed E-state index contributed by atoms with van der Waals surface area (Å²) in [5.41, 5.74) is 0. The lowest BCUT2D eigenvalue weighted by molar-refractivity contribution is 0.631. The third-order valence-corrected chi connectivity index (χ3v) is 2.51. The van der Waals surface area contributed by atoms with E-state index in [0.29, 0.717) is 12.6 Å². The highest BCUT2D eigenvalue weighted by atomic mass is 32.1. The zero-order valence-electron chi connectivity index (χ0n) is 6.37. The van der Waals surface area contributed by atoms with Crippen molar-refractivity contribution in [3.63, 3.8) is 0 Å². The first-order chi connectivity index (χ1) is 5.34. The van der Waals surface area contributed by atoms with Gasteiger partial charge in [-0.2, -0.15) is 5.26 Å². The van der Waals surface area contributed by atoms with E-state index in [4.69, 9.17) is 5.26 Å². The molecule has 0 saturated carbocycles. The minimum atomic E-state index is 0.301. The van der Waals surface area contributed by atoms with Crippen molar-refractivity contribution in [2.45, 2.75) is 13.0 Å². The van der Waals surface area contributed by atoms with Gasteiger partial charge in [0.25, 0.3) is 0 Å². The van der Waals surface area contributed by atoms with Crippen molar-refractivity contribution in [2.75, 3.05) is 6.54 Å². The van der Waals surface area contributed by atoms with Crippen LogP contribution in [0.3, 0.4) is 0 Å². The molecule has 1 aromatic rings. The molecule has 0 unspecified atom stereocenters. The molecule has 0 aliphatic rings. The fraction of sp³-hybridized carbons (Fsp3) is 0.375. The molecule has 0 bridgehead atoms. The van der Waals surface area contributed by atoms with E-state index in [2.05, 4.69) is 24.4 Å². The summed E-state index contributed by atoms with van der Waals surface area (Å²) in [6.45, 7) is 2.47. The van der Waals surface area contributed by atoms with Crippen LogP contribution in [0.1, 0.15) is 17.8 Å². The lowest BCUT2D eigenvalue weighted by Gasteiger charge is -2.07. The Bertz CT molecular complexity index is 235. The van der Waals surface area contributed by atoms with E-state index in [1.54, 1.807) is 11.3 Å². The Balaban J connectivity index is 2.44. The fourth-order valence-electron chi connectivity index (χ4n) is 0.837. The van der Waals surface area contributed by atoms with Gasteiger partial charge in [-0.3, -0.25) is 5.32 Å². The zero-order chi connectivity index (χ0) is 8.10. The average molecular weight is 166 g/mol. The monoisotopic (exact) mass is 166 g/mol. The molecule has 0 aliphatic carbocycles. The highest BCUT2D eigenvalue weighted by Gasteiger charge is 2.03. The van der Waals surface area contributed by atoms with Crippen molar-refractivity contribution in [3.05, 3.63) is 22.4 Å². The predicted octanol–water partition coefficient (Wildman–Crippen LogP) is 1.92. The summed E-state index contributed by atoms with van der Waals surface area (Å²) in [5.74, 6) is 0. The maximum Gasteiger partial charge on any atom is 0.0845 e. The molecule has 0 aromatic carbocycles. The molecule has 1 heterocycles. The largest absolute Gasteiger partial charge is 0.297 e. The van der Waals surface area contributed by atoms with Gasteiger partial charge in [0, 0.05) is 10.9 Å². The molecule has 0 aliphatic heterocycles. The molecule has 0 amide bonds. The summed E-state index contributed by atoms with van der Waals surface area (Å²) < 4.78 is 0. The van der Waals surface area contributed by atoms with Gasteiger partial charge in [-0.1, -0.05) is 6.07 Å². The van der Waals surface area contributed by atoms with Crippen LogP contribution in [0.4, 0.5) is 0 Å². The molecule has 11 heavy (non-hydrogen) atoms. The Kier molecular flexibility index (Phi) is 3.09. The zero-order valence-corrected chi connectivity index (χ0v) is 7.19. The minimum Gasteiger partial charge on any atom is -0.297 e. The molecular formula is C8H10N2S. The molecule has 1 rings (SSSR count). The predicted molar refractivity (Wildman–Crippen MR) is 46.3 cm³/mol. The first-order valence-electron chi connectivity index (χ1n) is 3.48. The Morgan fingerprint density at radius 2 is 2.64 bits per heavy atom. The minimum absolute atomic E-state index is 0.301. The second kappa shape index (κ2) is 4.12. The number of nitrogens with one attached hydrogen (secondary N) is 1. The highest BCUT2D eigenvalue weighted by molar-refractivity contribution is 7.10. The Hall–Kier alpha value is -0.850. The van der Waals surface area contributed by atoms with E-state index >= 15 is 0 Å². The van der Waals surface area contributed by atoms with Gasteiger partial charge in [0.1, 0.15) is 0 Å². The molecule has 0 fully saturated rings. The van der Waals surface area contributed by atoms with Crippen molar-refractivity contribution >= 4 is 11.3 Å². The summed E-state index contributed by atoms with van der Waals surface area (Å²) in [4.78, 5) is 1.28. The van der Waals surface area contributed by atoms with Gasteiger partial charge in [0.2, 0.25) is 0 Å². The normalized spacial score (nSPS) is 12.4. The van der Waals surface area contributed by atoms with Crippen LogP contribution in [0.15, 0.2) is 17.5 Å². The molecule has 0 radical (unpaired) electrons. The van der Waals surface area contributed by atoms with Crippen molar-refractivity contribution in [1.82, 2.24) is 5.32 Å². The summed E-state index contributed by atoms with van der Waals surface area (Å²) in [5, 5.41) is 13.4.